The predicted octanol–water partition coefficient (Wildman–Crippen LogP) is 0.276. The van der Waals surface area contributed by atoms with Crippen LogP contribution in [0.5, 0.6) is 0 Å². The molecule has 0 unspecified atom stereocenters. The van der Waals surface area contributed by atoms with Crippen LogP contribution < -0.4 is 4.72 Å². The standard InChI is InChI=1S/C12H17N3O4S/c1-4-5-7-13-20(18,19)12-9(2)14-15(10(12)3)8-6-11(16)17/h13H,6-8H2,1-3H3,(H,16,17). The van der Waals surface area contributed by atoms with Crippen LogP contribution in [0.3, 0.4) is 0 Å². The molecule has 0 amide bonds. The molecule has 0 aromatic carbocycles. The van der Waals surface area contributed by atoms with Crippen molar-refractivity contribution < 1.29 is 18.3 Å². The third-order valence-corrected chi connectivity index (χ3v) is 4.30. The Morgan fingerprint density at radius 2 is 2.10 bits per heavy atom. The number of aliphatic carboxylic acids is 1. The lowest BCUT2D eigenvalue weighted by Gasteiger charge is -2.05. The van der Waals surface area contributed by atoms with E-state index in [0.29, 0.717) is 11.4 Å². The van der Waals surface area contributed by atoms with Gasteiger partial charge in [0.2, 0.25) is 10.0 Å². The van der Waals surface area contributed by atoms with Gasteiger partial charge in [-0.25, -0.2) is 8.42 Å². The summed E-state index contributed by atoms with van der Waals surface area (Å²) in [4.78, 5) is 10.6. The van der Waals surface area contributed by atoms with Crippen LogP contribution >= 0.6 is 0 Å². The Labute approximate surface area is 118 Å². The molecule has 0 aliphatic rings. The molecule has 0 radical (unpaired) electrons. The highest BCUT2D eigenvalue weighted by atomic mass is 32.2. The zero-order chi connectivity index (χ0) is 15.3. The zero-order valence-corrected chi connectivity index (χ0v) is 12.4. The van der Waals surface area contributed by atoms with Gasteiger partial charge in [0.1, 0.15) is 4.90 Å². The number of nitrogens with one attached hydrogen (secondary N) is 1. The molecule has 2 N–H and O–H groups in total. The Hall–Kier alpha value is -1.85. The molecule has 1 aromatic rings. The summed E-state index contributed by atoms with van der Waals surface area (Å²) < 4.78 is 28.1. The fourth-order valence-corrected chi connectivity index (χ4v) is 3.11. The fraction of sp³-hybridized carbons (Fsp3) is 0.500. The van der Waals surface area contributed by atoms with Crippen molar-refractivity contribution >= 4 is 16.0 Å². The van der Waals surface area contributed by atoms with Gasteiger partial charge in [-0.15, -0.1) is 5.92 Å². The van der Waals surface area contributed by atoms with Gasteiger partial charge in [-0.3, -0.25) is 9.48 Å². The van der Waals surface area contributed by atoms with Crippen molar-refractivity contribution in [1.82, 2.24) is 14.5 Å². The van der Waals surface area contributed by atoms with Gasteiger partial charge in [0.05, 0.1) is 30.9 Å². The van der Waals surface area contributed by atoms with Crippen LogP contribution in [-0.4, -0.2) is 35.8 Å². The van der Waals surface area contributed by atoms with Gasteiger partial charge < -0.3 is 5.11 Å². The van der Waals surface area contributed by atoms with E-state index in [0.717, 1.165) is 0 Å². The number of aryl methyl sites for hydroxylation is 2. The minimum Gasteiger partial charge on any atom is -0.481 e. The van der Waals surface area contributed by atoms with Crippen molar-refractivity contribution in [3.8, 4) is 11.8 Å². The first kappa shape index (κ1) is 16.2. The molecule has 0 spiro atoms. The van der Waals surface area contributed by atoms with Gasteiger partial charge in [-0.05, 0) is 20.8 Å². The van der Waals surface area contributed by atoms with Crippen molar-refractivity contribution in [2.75, 3.05) is 6.54 Å². The van der Waals surface area contributed by atoms with Gasteiger partial charge in [-0.2, -0.15) is 9.82 Å². The molecule has 0 fully saturated rings. The Morgan fingerprint density at radius 1 is 1.45 bits per heavy atom. The molecule has 0 aliphatic heterocycles. The maximum absolute atomic E-state index is 12.2. The average molecular weight is 299 g/mol. The molecule has 1 heterocycles. The van der Waals surface area contributed by atoms with Gasteiger partial charge >= 0.3 is 5.97 Å². The Balaban J connectivity index is 3.05. The van der Waals surface area contributed by atoms with Crippen LogP contribution in [0.2, 0.25) is 0 Å². The number of hydrogen-bond donors (Lipinski definition) is 2. The molecule has 0 saturated carbocycles. The number of carboxylic acid groups (broad SMARTS) is 1. The fourth-order valence-electron chi connectivity index (χ4n) is 1.78. The van der Waals surface area contributed by atoms with Crippen LogP contribution in [0, 0.1) is 25.7 Å². The molecule has 1 aromatic heterocycles. The Kier molecular flexibility index (Phi) is 5.30. The van der Waals surface area contributed by atoms with Crippen molar-refractivity contribution in [3.05, 3.63) is 11.4 Å². The van der Waals surface area contributed by atoms with Crippen molar-refractivity contribution in [1.29, 1.82) is 0 Å². The van der Waals surface area contributed by atoms with E-state index in [-0.39, 0.29) is 24.4 Å². The largest absolute Gasteiger partial charge is 0.481 e. The topological polar surface area (TPSA) is 101 Å². The number of sulfonamides is 1. The highest BCUT2D eigenvalue weighted by Crippen LogP contribution is 2.19. The second kappa shape index (κ2) is 6.54. The zero-order valence-electron chi connectivity index (χ0n) is 11.6. The van der Waals surface area contributed by atoms with Crippen molar-refractivity contribution in [2.24, 2.45) is 0 Å². The molecular formula is C12H17N3O4S. The van der Waals surface area contributed by atoms with Gasteiger partial charge in [0, 0.05) is 0 Å². The summed E-state index contributed by atoms with van der Waals surface area (Å²) in [5, 5.41) is 12.7. The molecule has 7 nitrogen and oxygen atoms in total. The normalized spacial score (nSPS) is 10.9. The number of rotatable bonds is 6. The molecule has 0 bridgehead atoms. The van der Waals surface area contributed by atoms with Gasteiger partial charge in [0.25, 0.3) is 0 Å². The van der Waals surface area contributed by atoms with Gasteiger partial charge in [0.15, 0.2) is 0 Å². The summed E-state index contributed by atoms with van der Waals surface area (Å²) in [6, 6.07) is 0. The maximum Gasteiger partial charge on any atom is 0.305 e. The second-order valence-electron chi connectivity index (χ2n) is 4.12. The first-order valence-corrected chi connectivity index (χ1v) is 7.43. The molecule has 0 aliphatic carbocycles. The highest BCUT2D eigenvalue weighted by molar-refractivity contribution is 7.89. The monoisotopic (exact) mass is 299 g/mol. The third kappa shape index (κ3) is 3.82. The minimum absolute atomic E-state index is 0.0258. The number of nitrogens with zero attached hydrogens (tertiary/aromatic N) is 2. The lowest BCUT2D eigenvalue weighted by molar-refractivity contribution is -0.137. The second-order valence-corrected chi connectivity index (χ2v) is 5.82. The maximum atomic E-state index is 12.2. The van der Waals surface area contributed by atoms with Crippen molar-refractivity contribution in [2.45, 2.75) is 38.6 Å². The molecule has 8 heteroatoms. The van der Waals surface area contributed by atoms with Crippen LogP contribution in [-0.2, 0) is 21.4 Å². The lowest BCUT2D eigenvalue weighted by atomic mass is 10.4. The smallest absolute Gasteiger partial charge is 0.305 e. The van der Waals surface area contributed by atoms with E-state index < -0.39 is 16.0 Å². The van der Waals surface area contributed by atoms with E-state index in [4.69, 9.17) is 5.11 Å². The molecule has 110 valence electrons. The number of carbonyl (C=O) groups is 1. The van der Waals surface area contributed by atoms with Crippen LogP contribution in [0.1, 0.15) is 24.7 Å². The minimum atomic E-state index is -3.69. The van der Waals surface area contributed by atoms with Crippen LogP contribution in [0.4, 0.5) is 0 Å². The van der Waals surface area contributed by atoms with E-state index >= 15 is 0 Å². The van der Waals surface area contributed by atoms with E-state index in [1.54, 1.807) is 20.8 Å². The summed E-state index contributed by atoms with van der Waals surface area (Å²) >= 11 is 0. The quantitative estimate of drug-likeness (QED) is 0.735. The summed E-state index contributed by atoms with van der Waals surface area (Å²) in [7, 11) is -3.69. The lowest BCUT2D eigenvalue weighted by Crippen LogP contribution is -2.25. The molecular weight excluding hydrogens is 282 g/mol. The van der Waals surface area contributed by atoms with E-state index in [2.05, 4.69) is 21.7 Å². The number of aromatic nitrogens is 2. The van der Waals surface area contributed by atoms with Gasteiger partial charge in [-0.1, -0.05) is 5.92 Å². The first-order chi connectivity index (χ1) is 9.29. The Bertz CT molecular complexity index is 665. The molecule has 1 rings (SSSR count). The molecule has 20 heavy (non-hydrogen) atoms. The number of carboxylic acids is 1. The molecule has 0 atom stereocenters. The van der Waals surface area contributed by atoms with Crippen LogP contribution in [0.25, 0.3) is 0 Å². The van der Waals surface area contributed by atoms with E-state index in [1.165, 1.54) is 4.68 Å². The summed E-state index contributed by atoms with van der Waals surface area (Å²) in [5.41, 5.74) is 0.755. The first-order valence-electron chi connectivity index (χ1n) is 5.94. The predicted molar refractivity (Wildman–Crippen MR) is 72.6 cm³/mol. The van der Waals surface area contributed by atoms with Crippen molar-refractivity contribution in [3.63, 3.8) is 0 Å². The summed E-state index contributed by atoms with van der Waals surface area (Å²) in [6.07, 6.45) is -0.115. The van der Waals surface area contributed by atoms with E-state index in [9.17, 15) is 13.2 Å². The summed E-state index contributed by atoms with van der Waals surface area (Å²) in [5.74, 6) is 4.25. The number of hydrogen-bond acceptors (Lipinski definition) is 4. The SMILES string of the molecule is CC#CCNS(=O)(=O)c1c(C)nn(CCC(=O)O)c1C. The average Bonchev–Trinajstić information content (AvgIpc) is 2.62. The van der Waals surface area contributed by atoms with Crippen LogP contribution in [0.15, 0.2) is 4.90 Å². The third-order valence-electron chi connectivity index (χ3n) is 2.65. The highest BCUT2D eigenvalue weighted by Gasteiger charge is 2.24. The summed E-state index contributed by atoms with van der Waals surface area (Å²) in [6.45, 7) is 4.95. The Morgan fingerprint density at radius 3 is 2.65 bits per heavy atom. The molecule has 0 saturated heterocycles. The van der Waals surface area contributed by atoms with E-state index in [1.807, 2.05) is 0 Å².